The fraction of sp³-hybridized carbons (Fsp3) is 1.00. The van der Waals surface area contributed by atoms with Gasteiger partial charge in [-0.25, -0.2) is 0 Å². The van der Waals surface area contributed by atoms with Crippen molar-refractivity contribution in [2.45, 2.75) is 39.2 Å². The standard InChI is InChI=1S/C11H21NO/c1-3-12-8-11(10-4-5-10)6-7-13-9(11)2/h9-10,12H,3-8H2,1-2H3. The molecule has 76 valence electrons. The molecule has 2 rings (SSSR count). The fourth-order valence-corrected chi connectivity index (χ4v) is 2.72. The molecule has 0 spiro atoms. The highest BCUT2D eigenvalue weighted by Crippen LogP contribution is 2.52. The second-order valence-corrected chi connectivity index (χ2v) is 4.55. The van der Waals surface area contributed by atoms with E-state index in [2.05, 4.69) is 19.2 Å². The average molecular weight is 183 g/mol. The van der Waals surface area contributed by atoms with Gasteiger partial charge in [-0.1, -0.05) is 6.92 Å². The predicted molar refractivity (Wildman–Crippen MR) is 53.7 cm³/mol. The van der Waals surface area contributed by atoms with Crippen molar-refractivity contribution in [1.29, 1.82) is 0 Å². The first-order valence-electron chi connectivity index (χ1n) is 5.62. The van der Waals surface area contributed by atoms with E-state index in [1.165, 1.54) is 19.3 Å². The van der Waals surface area contributed by atoms with E-state index < -0.39 is 0 Å². The van der Waals surface area contributed by atoms with E-state index in [4.69, 9.17) is 4.74 Å². The largest absolute Gasteiger partial charge is 0.378 e. The minimum absolute atomic E-state index is 0.471. The summed E-state index contributed by atoms with van der Waals surface area (Å²) >= 11 is 0. The lowest BCUT2D eigenvalue weighted by atomic mass is 9.77. The molecular formula is C11H21NO. The van der Waals surface area contributed by atoms with Crippen LogP contribution in [0.25, 0.3) is 0 Å². The Hall–Kier alpha value is -0.0800. The minimum atomic E-state index is 0.471. The lowest BCUT2D eigenvalue weighted by Gasteiger charge is -2.32. The highest BCUT2D eigenvalue weighted by atomic mass is 16.5. The van der Waals surface area contributed by atoms with Crippen LogP contribution in [0, 0.1) is 11.3 Å². The third-order valence-electron chi connectivity index (χ3n) is 3.84. The molecule has 0 aromatic rings. The lowest BCUT2D eigenvalue weighted by Crippen LogP contribution is -2.41. The summed E-state index contributed by atoms with van der Waals surface area (Å²) in [6, 6.07) is 0. The molecule has 1 aliphatic carbocycles. The summed E-state index contributed by atoms with van der Waals surface area (Å²) < 4.78 is 5.73. The average Bonchev–Trinajstić information content (AvgIpc) is 2.90. The van der Waals surface area contributed by atoms with E-state index in [9.17, 15) is 0 Å². The van der Waals surface area contributed by atoms with Gasteiger partial charge in [0.25, 0.3) is 0 Å². The summed E-state index contributed by atoms with van der Waals surface area (Å²) in [5.41, 5.74) is 0.482. The van der Waals surface area contributed by atoms with Gasteiger partial charge in [0, 0.05) is 18.6 Å². The van der Waals surface area contributed by atoms with Gasteiger partial charge in [-0.05, 0) is 38.6 Å². The highest BCUT2D eigenvalue weighted by Gasteiger charge is 2.51. The molecule has 2 atom stereocenters. The van der Waals surface area contributed by atoms with Crippen molar-refractivity contribution in [3.63, 3.8) is 0 Å². The summed E-state index contributed by atoms with van der Waals surface area (Å²) in [7, 11) is 0. The number of hydrogen-bond donors (Lipinski definition) is 1. The molecule has 2 unspecified atom stereocenters. The van der Waals surface area contributed by atoms with E-state index in [-0.39, 0.29) is 0 Å². The maximum absolute atomic E-state index is 5.73. The monoisotopic (exact) mass is 183 g/mol. The van der Waals surface area contributed by atoms with Gasteiger partial charge in [0.15, 0.2) is 0 Å². The molecule has 2 heteroatoms. The maximum Gasteiger partial charge on any atom is 0.0618 e. The van der Waals surface area contributed by atoms with Crippen LogP contribution in [0.3, 0.4) is 0 Å². The zero-order valence-corrected chi connectivity index (χ0v) is 8.81. The van der Waals surface area contributed by atoms with Gasteiger partial charge < -0.3 is 10.1 Å². The fourth-order valence-electron chi connectivity index (χ4n) is 2.72. The molecule has 1 saturated heterocycles. The molecule has 1 saturated carbocycles. The molecule has 0 aromatic carbocycles. The van der Waals surface area contributed by atoms with Crippen molar-refractivity contribution in [3.8, 4) is 0 Å². The van der Waals surface area contributed by atoms with Crippen molar-refractivity contribution >= 4 is 0 Å². The van der Waals surface area contributed by atoms with Crippen LogP contribution in [0.15, 0.2) is 0 Å². The van der Waals surface area contributed by atoms with Crippen LogP contribution < -0.4 is 5.32 Å². The van der Waals surface area contributed by atoms with Crippen LogP contribution in [-0.4, -0.2) is 25.8 Å². The van der Waals surface area contributed by atoms with Crippen LogP contribution in [-0.2, 0) is 4.74 Å². The number of nitrogens with one attached hydrogen (secondary N) is 1. The van der Waals surface area contributed by atoms with E-state index in [1.54, 1.807) is 0 Å². The van der Waals surface area contributed by atoms with Gasteiger partial charge in [-0.3, -0.25) is 0 Å². The molecule has 1 N–H and O–H groups in total. The maximum atomic E-state index is 5.73. The van der Waals surface area contributed by atoms with Crippen LogP contribution in [0.5, 0.6) is 0 Å². The topological polar surface area (TPSA) is 21.3 Å². The Bertz CT molecular complexity index is 179. The first-order valence-corrected chi connectivity index (χ1v) is 5.62. The van der Waals surface area contributed by atoms with Gasteiger partial charge in [0.05, 0.1) is 6.10 Å². The Morgan fingerprint density at radius 3 is 2.69 bits per heavy atom. The lowest BCUT2D eigenvalue weighted by molar-refractivity contribution is 0.0515. The van der Waals surface area contributed by atoms with Gasteiger partial charge in [-0.15, -0.1) is 0 Å². The van der Waals surface area contributed by atoms with Gasteiger partial charge in [0.2, 0.25) is 0 Å². The molecule has 0 bridgehead atoms. The van der Waals surface area contributed by atoms with E-state index >= 15 is 0 Å². The first kappa shape index (κ1) is 9.47. The quantitative estimate of drug-likeness (QED) is 0.717. The van der Waals surface area contributed by atoms with Crippen molar-refractivity contribution in [2.75, 3.05) is 19.7 Å². The highest BCUT2D eigenvalue weighted by molar-refractivity contribution is 5.01. The third-order valence-corrected chi connectivity index (χ3v) is 3.84. The zero-order valence-electron chi connectivity index (χ0n) is 8.81. The predicted octanol–water partition coefficient (Wildman–Crippen LogP) is 1.80. The molecule has 0 radical (unpaired) electrons. The van der Waals surface area contributed by atoms with Crippen LogP contribution >= 0.6 is 0 Å². The number of ether oxygens (including phenoxy) is 1. The SMILES string of the molecule is CCNCC1(C2CC2)CCOC1C. The second kappa shape index (κ2) is 3.58. The molecule has 2 aliphatic rings. The van der Waals surface area contributed by atoms with Crippen molar-refractivity contribution in [3.05, 3.63) is 0 Å². The van der Waals surface area contributed by atoms with Crippen LogP contribution in [0.4, 0.5) is 0 Å². The summed E-state index contributed by atoms with van der Waals surface area (Å²) in [5.74, 6) is 0.948. The van der Waals surface area contributed by atoms with Gasteiger partial charge >= 0.3 is 0 Å². The molecule has 0 amide bonds. The third kappa shape index (κ3) is 1.62. The summed E-state index contributed by atoms with van der Waals surface area (Å²) in [6.45, 7) is 7.66. The van der Waals surface area contributed by atoms with Gasteiger partial charge in [-0.2, -0.15) is 0 Å². The van der Waals surface area contributed by atoms with Crippen LogP contribution in [0.2, 0.25) is 0 Å². The first-order chi connectivity index (χ1) is 6.29. The van der Waals surface area contributed by atoms with Crippen molar-refractivity contribution < 1.29 is 4.74 Å². The minimum Gasteiger partial charge on any atom is -0.378 e. The summed E-state index contributed by atoms with van der Waals surface area (Å²) in [4.78, 5) is 0. The number of hydrogen-bond acceptors (Lipinski definition) is 2. The zero-order chi connectivity index (χ0) is 9.31. The van der Waals surface area contributed by atoms with Crippen molar-refractivity contribution in [1.82, 2.24) is 5.32 Å². The molecule has 0 aromatic heterocycles. The summed E-state index contributed by atoms with van der Waals surface area (Å²) in [6.07, 6.45) is 4.60. The Labute approximate surface area is 81.0 Å². The smallest absolute Gasteiger partial charge is 0.0618 e. The van der Waals surface area contributed by atoms with E-state index in [0.717, 1.165) is 25.6 Å². The second-order valence-electron chi connectivity index (χ2n) is 4.55. The van der Waals surface area contributed by atoms with E-state index in [0.29, 0.717) is 11.5 Å². The molecular weight excluding hydrogens is 162 g/mol. The molecule has 2 fully saturated rings. The Morgan fingerprint density at radius 2 is 2.23 bits per heavy atom. The van der Waals surface area contributed by atoms with Crippen molar-refractivity contribution in [2.24, 2.45) is 11.3 Å². The normalized spacial score (nSPS) is 39.7. The van der Waals surface area contributed by atoms with Crippen LogP contribution in [0.1, 0.15) is 33.1 Å². The Morgan fingerprint density at radius 1 is 1.46 bits per heavy atom. The molecule has 1 heterocycles. The van der Waals surface area contributed by atoms with Gasteiger partial charge in [0.1, 0.15) is 0 Å². The summed E-state index contributed by atoms with van der Waals surface area (Å²) in [5, 5.41) is 3.50. The molecule has 13 heavy (non-hydrogen) atoms. The Balaban J connectivity index is 2.01. The molecule has 1 aliphatic heterocycles. The number of rotatable bonds is 4. The Kier molecular flexibility index (Phi) is 2.61. The molecule has 2 nitrogen and oxygen atoms in total. The van der Waals surface area contributed by atoms with E-state index in [1.807, 2.05) is 0 Å².